The molecule has 0 aliphatic heterocycles. The maximum atomic E-state index is 13.0. The number of hydrogen-bond donors (Lipinski definition) is 1. The summed E-state index contributed by atoms with van der Waals surface area (Å²) in [5.41, 5.74) is -0.361. The molecule has 6 heteroatoms. The van der Waals surface area contributed by atoms with E-state index in [1.807, 2.05) is 0 Å². The summed E-state index contributed by atoms with van der Waals surface area (Å²) in [6.07, 6.45) is 0.123. The third-order valence-corrected chi connectivity index (χ3v) is 2.00. The molecule has 0 radical (unpaired) electrons. The largest absolute Gasteiger partial charge is 0.323 e. The molecular formula is C9H7BrF3NO. The summed E-state index contributed by atoms with van der Waals surface area (Å²) in [6, 6.07) is 0.996. The molecule has 0 fully saturated rings. The lowest BCUT2D eigenvalue weighted by Crippen LogP contribution is -2.13. The van der Waals surface area contributed by atoms with E-state index in [4.69, 9.17) is 0 Å². The monoisotopic (exact) mass is 281 g/mol. The maximum absolute atomic E-state index is 13.0. The van der Waals surface area contributed by atoms with Crippen molar-refractivity contribution in [3.63, 3.8) is 0 Å². The Labute approximate surface area is 92.6 Å². The van der Waals surface area contributed by atoms with Crippen molar-refractivity contribution in [1.29, 1.82) is 0 Å². The van der Waals surface area contributed by atoms with Gasteiger partial charge in [-0.3, -0.25) is 4.79 Å². The lowest BCUT2D eigenvalue weighted by Gasteiger charge is -2.05. The quantitative estimate of drug-likeness (QED) is 0.670. The first-order valence-corrected chi connectivity index (χ1v) is 5.17. The van der Waals surface area contributed by atoms with Crippen molar-refractivity contribution in [3.8, 4) is 0 Å². The molecule has 1 rings (SSSR count). The number of nitrogens with one attached hydrogen (secondary N) is 1. The average Bonchev–Trinajstić information content (AvgIpc) is 2.14. The number of benzene rings is 1. The second-order valence-corrected chi connectivity index (χ2v) is 3.53. The third kappa shape index (κ3) is 3.23. The number of rotatable bonds is 3. The summed E-state index contributed by atoms with van der Waals surface area (Å²) < 4.78 is 38.2. The fourth-order valence-electron chi connectivity index (χ4n) is 0.917. The summed E-state index contributed by atoms with van der Waals surface area (Å²) in [6.45, 7) is 0. The van der Waals surface area contributed by atoms with E-state index >= 15 is 0 Å². The Morgan fingerprint density at radius 2 is 1.80 bits per heavy atom. The first kappa shape index (κ1) is 12.0. The Morgan fingerprint density at radius 1 is 1.20 bits per heavy atom. The van der Waals surface area contributed by atoms with Gasteiger partial charge in [-0.1, -0.05) is 15.9 Å². The van der Waals surface area contributed by atoms with Crippen LogP contribution in [0.2, 0.25) is 0 Å². The van der Waals surface area contributed by atoms with Gasteiger partial charge in [-0.15, -0.1) is 0 Å². The molecule has 0 aliphatic rings. The van der Waals surface area contributed by atoms with Gasteiger partial charge >= 0.3 is 0 Å². The number of anilines is 1. The van der Waals surface area contributed by atoms with E-state index in [-0.39, 0.29) is 12.1 Å². The smallest absolute Gasteiger partial charge is 0.225 e. The lowest BCUT2D eigenvalue weighted by molar-refractivity contribution is -0.115. The number of carbonyl (C=O) groups is 1. The van der Waals surface area contributed by atoms with Crippen LogP contribution in [-0.4, -0.2) is 11.2 Å². The standard InChI is InChI=1S/C9H7BrF3NO/c10-2-1-9(15)14-8-4-6(12)5(11)3-7(8)13/h3-4H,1-2H2,(H,14,15). The van der Waals surface area contributed by atoms with E-state index in [0.717, 1.165) is 0 Å². The van der Waals surface area contributed by atoms with Gasteiger partial charge in [0.2, 0.25) is 5.91 Å². The van der Waals surface area contributed by atoms with Gasteiger partial charge < -0.3 is 5.32 Å². The van der Waals surface area contributed by atoms with Crippen LogP contribution in [0.3, 0.4) is 0 Å². The van der Waals surface area contributed by atoms with Crippen molar-refractivity contribution in [2.24, 2.45) is 0 Å². The first-order valence-electron chi connectivity index (χ1n) is 4.05. The Kier molecular flexibility index (Phi) is 4.14. The van der Waals surface area contributed by atoms with Crippen molar-refractivity contribution in [3.05, 3.63) is 29.6 Å². The zero-order valence-electron chi connectivity index (χ0n) is 7.49. The van der Waals surface area contributed by atoms with E-state index in [0.29, 0.717) is 17.5 Å². The summed E-state index contributed by atoms with van der Waals surface area (Å²) in [5.74, 6) is -3.97. The van der Waals surface area contributed by atoms with E-state index < -0.39 is 23.4 Å². The molecule has 0 saturated heterocycles. The predicted octanol–water partition coefficient (Wildman–Crippen LogP) is 2.83. The minimum absolute atomic E-state index is 0.123. The molecule has 0 aromatic heterocycles. The number of hydrogen-bond acceptors (Lipinski definition) is 1. The van der Waals surface area contributed by atoms with Gasteiger partial charge in [0, 0.05) is 23.9 Å². The van der Waals surface area contributed by atoms with Crippen LogP contribution in [0.4, 0.5) is 18.9 Å². The molecule has 1 N–H and O–H groups in total. The van der Waals surface area contributed by atoms with Gasteiger partial charge in [0.15, 0.2) is 11.6 Å². The number of amides is 1. The Balaban J connectivity index is 2.86. The molecule has 0 atom stereocenters. The van der Waals surface area contributed by atoms with Crippen LogP contribution in [0.1, 0.15) is 6.42 Å². The van der Waals surface area contributed by atoms with E-state index in [2.05, 4.69) is 21.2 Å². The highest BCUT2D eigenvalue weighted by Crippen LogP contribution is 2.18. The van der Waals surface area contributed by atoms with Gasteiger partial charge in [0.1, 0.15) is 5.82 Å². The fraction of sp³-hybridized carbons (Fsp3) is 0.222. The fourth-order valence-corrected chi connectivity index (χ4v) is 1.28. The lowest BCUT2D eigenvalue weighted by atomic mass is 10.2. The molecule has 82 valence electrons. The van der Waals surface area contributed by atoms with Gasteiger partial charge in [-0.05, 0) is 0 Å². The molecule has 15 heavy (non-hydrogen) atoms. The van der Waals surface area contributed by atoms with Crippen LogP contribution in [0, 0.1) is 17.5 Å². The van der Waals surface area contributed by atoms with Crippen LogP contribution in [0.25, 0.3) is 0 Å². The summed E-state index contributed by atoms with van der Waals surface area (Å²) in [4.78, 5) is 11.0. The number of halogens is 4. The second-order valence-electron chi connectivity index (χ2n) is 2.73. The van der Waals surface area contributed by atoms with E-state index in [1.165, 1.54) is 0 Å². The topological polar surface area (TPSA) is 29.1 Å². The minimum atomic E-state index is -1.29. The zero-order chi connectivity index (χ0) is 11.4. The van der Waals surface area contributed by atoms with Crippen molar-refractivity contribution >= 4 is 27.5 Å². The van der Waals surface area contributed by atoms with Crippen LogP contribution >= 0.6 is 15.9 Å². The highest BCUT2D eigenvalue weighted by atomic mass is 79.9. The normalized spacial score (nSPS) is 10.1. The number of alkyl halides is 1. The van der Waals surface area contributed by atoms with Crippen molar-refractivity contribution in [2.45, 2.75) is 6.42 Å². The predicted molar refractivity (Wildman–Crippen MR) is 53.4 cm³/mol. The van der Waals surface area contributed by atoms with Crippen molar-refractivity contribution in [2.75, 3.05) is 10.6 Å². The molecule has 1 aromatic carbocycles. The number of carbonyl (C=O) groups excluding carboxylic acids is 1. The van der Waals surface area contributed by atoms with Crippen LogP contribution in [-0.2, 0) is 4.79 Å². The van der Waals surface area contributed by atoms with Crippen molar-refractivity contribution < 1.29 is 18.0 Å². The molecule has 0 heterocycles. The first-order chi connectivity index (χ1) is 7.04. The molecule has 2 nitrogen and oxygen atoms in total. The highest BCUT2D eigenvalue weighted by Gasteiger charge is 2.11. The SMILES string of the molecule is O=C(CCBr)Nc1cc(F)c(F)cc1F. The van der Waals surface area contributed by atoms with Gasteiger partial charge in [0.25, 0.3) is 0 Å². The van der Waals surface area contributed by atoms with Crippen LogP contribution in [0.15, 0.2) is 12.1 Å². The van der Waals surface area contributed by atoms with Crippen LogP contribution < -0.4 is 5.32 Å². The Hall–Kier alpha value is -1.04. The van der Waals surface area contributed by atoms with E-state index in [1.54, 1.807) is 0 Å². The Bertz CT molecular complexity index is 384. The van der Waals surface area contributed by atoms with Gasteiger partial charge in [-0.25, -0.2) is 13.2 Å². The molecule has 0 unspecified atom stereocenters. The average molecular weight is 282 g/mol. The van der Waals surface area contributed by atoms with Gasteiger partial charge in [-0.2, -0.15) is 0 Å². The highest BCUT2D eigenvalue weighted by molar-refractivity contribution is 9.09. The molecule has 1 amide bonds. The van der Waals surface area contributed by atoms with Crippen molar-refractivity contribution in [1.82, 2.24) is 0 Å². The second kappa shape index (κ2) is 5.16. The summed E-state index contributed by atoms with van der Waals surface area (Å²) in [5, 5.41) is 2.54. The molecule has 1 aromatic rings. The maximum Gasteiger partial charge on any atom is 0.225 e. The third-order valence-electron chi connectivity index (χ3n) is 1.61. The Morgan fingerprint density at radius 3 is 2.40 bits per heavy atom. The zero-order valence-corrected chi connectivity index (χ0v) is 9.08. The van der Waals surface area contributed by atoms with E-state index in [9.17, 15) is 18.0 Å². The minimum Gasteiger partial charge on any atom is -0.323 e. The summed E-state index contributed by atoms with van der Waals surface area (Å²) >= 11 is 3.02. The molecule has 0 aliphatic carbocycles. The molecule has 0 spiro atoms. The molecule has 0 bridgehead atoms. The summed E-state index contributed by atoms with van der Waals surface area (Å²) in [7, 11) is 0. The molecule has 0 saturated carbocycles. The molecular weight excluding hydrogens is 275 g/mol. The van der Waals surface area contributed by atoms with Crippen LogP contribution in [0.5, 0.6) is 0 Å². The van der Waals surface area contributed by atoms with Gasteiger partial charge in [0.05, 0.1) is 5.69 Å².